The highest BCUT2D eigenvalue weighted by atomic mass is 16.8. The largest absolute Gasteiger partial charge is 0.409 e. The van der Waals surface area contributed by atoms with Crippen LogP contribution in [0.4, 0.5) is 0 Å². The average Bonchev–Trinajstić information content (AvgIpc) is 1.99. The number of ether oxygens (including phenoxy) is 3. The molecule has 0 radical (unpaired) electrons. The van der Waals surface area contributed by atoms with Crippen molar-refractivity contribution in [2.24, 2.45) is 5.73 Å². The number of carbonyl (C=O) groups excluding carboxylic acids is 1. The van der Waals surface area contributed by atoms with Gasteiger partial charge in [-0.2, -0.15) is 0 Å². The first-order valence-electron chi connectivity index (χ1n) is 2.69. The predicted molar refractivity (Wildman–Crippen MR) is 33.0 cm³/mol. The van der Waals surface area contributed by atoms with Gasteiger partial charge in [-0.25, -0.2) is 0 Å². The van der Waals surface area contributed by atoms with Gasteiger partial charge in [0.15, 0.2) is 0 Å². The third kappa shape index (κ3) is 3.39. The van der Waals surface area contributed by atoms with Crippen LogP contribution >= 0.6 is 0 Å². The standard InChI is InChI=1S/C5H11NO4/c1-8-5(9-2)10-4(7)3-6/h5H,3,6H2,1-2H3. The van der Waals surface area contributed by atoms with E-state index in [0.717, 1.165) is 0 Å². The van der Waals surface area contributed by atoms with Crippen molar-refractivity contribution in [1.82, 2.24) is 0 Å². The van der Waals surface area contributed by atoms with Crippen LogP contribution in [0.1, 0.15) is 0 Å². The van der Waals surface area contributed by atoms with Gasteiger partial charge in [0.2, 0.25) is 0 Å². The summed E-state index contributed by atoms with van der Waals surface area (Å²) in [6.45, 7) is -1.13. The molecule has 5 nitrogen and oxygen atoms in total. The van der Waals surface area contributed by atoms with Crippen molar-refractivity contribution in [3.8, 4) is 0 Å². The zero-order valence-corrected chi connectivity index (χ0v) is 5.99. The Morgan fingerprint density at radius 2 is 2.00 bits per heavy atom. The van der Waals surface area contributed by atoms with E-state index in [1.165, 1.54) is 14.2 Å². The molecule has 0 aliphatic rings. The zero-order valence-electron chi connectivity index (χ0n) is 5.99. The third-order valence-electron chi connectivity index (χ3n) is 0.779. The smallest absolute Gasteiger partial charge is 0.323 e. The second kappa shape index (κ2) is 5.16. The quantitative estimate of drug-likeness (QED) is 0.413. The van der Waals surface area contributed by atoms with Crippen LogP contribution in [0.15, 0.2) is 0 Å². The highest BCUT2D eigenvalue weighted by Gasteiger charge is 2.09. The topological polar surface area (TPSA) is 70.8 Å². The van der Waals surface area contributed by atoms with Crippen LogP contribution in [0.2, 0.25) is 0 Å². The number of methoxy groups -OCH3 is 2. The Balaban J connectivity index is 3.52. The lowest BCUT2D eigenvalue weighted by atomic mass is 10.7. The fraction of sp³-hybridized carbons (Fsp3) is 0.800. The highest BCUT2D eigenvalue weighted by Crippen LogP contribution is 1.92. The molecule has 0 spiro atoms. The molecule has 2 N–H and O–H groups in total. The average molecular weight is 149 g/mol. The van der Waals surface area contributed by atoms with Gasteiger partial charge in [0, 0.05) is 14.2 Å². The van der Waals surface area contributed by atoms with Crippen LogP contribution in [0, 0.1) is 0 Å². The Labute approximate surface area is 59.0 Å². The number of nitrogens with two attached hydrogens (primary N) is 1. The first-order valence-corrected chi connectivity index (χ1v) is 2.69. The van der Waals surface area contributed by atoms with Crippen molar-refractivity contribution in [1.29, 1.82) is 0 Å². The molecule has 0 rings (SSSR count). The van der Waals surface area contributed by atoms with Crippen LogP contribution in [0.5, 0.6) is 0 Å². The molecule has 0 aromatic heterocycles. The summed E-state index contributed by atoms with van der Waals surface area (Å²) in [5, 5.41) is 0. The van der Waals surface area contributed by atoms with Crippen LogP contribution in [-0.4, -0.2) is 33.2 Å². The van der Waals surface area contributed by atoms with Gasteiger partial charge in [-0.3, -0.25) is 4.79 Å². The number of carbonyl (C=O) groups is 1. The highest BCUT2D eigenvalue weighted by molar-refractivity contribution is 5.71. The molecule has 0 bridgehead atoms. The summed E-state index contributed by atoms with van der Waals surface area (Å²) in [6.07, 6.45) is 0. The molecule has 0 atom stereocenters. The van der Waals surface area contributed by atoms with E-state index < -0.39 is 12.4 Å². The van der Waals surface area contributed by atoms with Gasteiger partial charge >= 0.3 is 12.4 Å². The number of hydrogen-bond donors (Lipinski definition) is 1. The van der Waals surface area contributed by atoms with E-state index in [9.17, 15) is 4.79 Å². The van der Waals surface area contributed by atoms with Gasteiger partial charge in [0.1, 0.15) is 0 Å². The van der Waals surface area contributed by atoms with Crippen molar-refractivity contribution in [3.05, 3.63) is 0 Å². The van der Waals surface area contributed by atoms with Crippen LogP contribution in [0.25, 0.3) is 0 Å². The van der Waals surface area contributed by atoms with E-state index in [0.29, 0.717) is 0 Å². The van der Waals surface area contributed by atoms with Crippen LogP contribution in [-0.2, 0) is 19.0 Å². The lowest BCUT2D eigenvalue weighted by Gasteiger charge is -2.12. The molecule has 5 heteroatoms. The van der Waals surface area contributed by atoms with Gasteiger partial charge in [-0.05, 0) is 0 Å². The first kappa shape index (κ1) is 9.35. The molecular formula is C5H11NO4. The van der Waals surface area contributed by atoms with Gasteiger partial charge in [0.25, 0.3) is 0 Å². The molecule has 0 saturated carbocycles. The summed E-state index contributed by atoms with van der Waals surface area (Å²) in [4.78, 5) is 10.4. The molecule has 0 aromatic carbocycles. The summed E-state index contributed by atoms with van der Waals surface area (Å²) >= 11 is 0. The molecule has 0 aliphatic heterocycles. The van der Waals surface area contributed by atoms with Crippen LogP contribution in [0.3, 0.4) is 0 Å². The van der Waals surface area contributed by atoms with E-state index in [-0.39, 0.29) is 6.54 Å². The van der Waals surface area contributed by atoms with Gasteiger partial charge in [-0.1, -0.05) is 0 Å². The van der Waals surface area contributed by atoms with Crippen molar-refractivity contribution in [2.45, 2.75) is 6.48 Å². The summed E-state index contributed by atoms with van der Waals surface area (Å²) < 4.78 is 13.6. The summed E-state index contributed by atoms with van der Waals surface area (Å²) in [6, 6.07) is 0. The van der Waals surface area contributed by atoms with Crippen LogP contribution < -0.4 is 5.73 Å². The minimum absolute atomic E-state index is 0.177. The van der Waals surface area contributed by atoms with Gasteiger partial charge in [-0.15, -0.1) is 0 Å². The lowest BCUT2D eigenvalue weighted by molar-refractivity contribution is -0.254. The molecule has 0 unspecified atom stereocenters. The van der Waals surface area contributed by atoms with E-state index in [1.54, 1.807) is 0 Å². The van der Waals surface area contributed by atoms with E-state index in [1.807, 2.05) is 0 Å². The number of esters is 1. The maximum atomic E-state index is 10.4. The maximum absolute atomic E-state index is 10.4. The Morgan fingerprint density at radius 3 is 2.30 bits per heavy atom. The Bertz CT molecular complexity index is 102. The van der Waals surface area contributed by atoms with Crippen molar-refractivity contribution < 1.29 is 19.0 Å². The summed E-state index contributed by atoms with van der Waals surface area (Å²) in [5.74, 6) is -0.561. The fourth-order valence-corrected chi connectivity index (χ4v) is 0.348. The molecule has 0 aliphatic carbocycles. The molecule has 10 heavy (non-hydrogen) atoms. The Kier molecular flexibility index (Phi) is 4.82. The molecule has 0 amide bonds. The predicted octanol–water partition coefficient (Wildman–Crippen LogP) is -0.935. The van der Waals surface area contributed by atoms with Gasteiger partial charge < -0.3 is 19.9 Å². The second-order valence-electron chi connectivity index (χ2n) is 1.45. The zero-order chi connectivity index (χ0) is 7.98. The molecule has 0 fully saturated rings. The third-order valence-corrected chi connectivity index (χ3v) is 0.779. The fourth-order valence-electron chi connectivity index (χ4n) is 0.348. The minimum atomic E-state index is -0.948. The molecular weight excluding hydrogens is 138 g/mol. The molecule has 60 valence electrons. The Morgan fingerprint density at radius 1 is 1.50 bits per heavy atom. The minimum Gasteiger partial charge on any atom is -0.409 e. The number of hydrogen-bond acceptors (Lipinski definition) is 5. The SMILES string of the molecule is COC(OC)OC(=O)CN. The maximum Gasteiger partial charge on any atom is 0.323 e. The number of rotatable bonds is 4. The summed E-state index contributed by atoms with van der Waals surface area (Å²) in [5.41, 5.74) is 4.94. The lowest BCUT2D eigenvalue weighted by Crippen LogP contribution is -2.26. The molecule has 0 saturated heterocycles. The second-order valence-corrected chi connectivity index (χ2v) is 1.45. The van der Waals surface area contributed by atoms with E-state index in [4.69, 9.17) is 5.73 Å². The van der Waals surface area contributed by atoms with Gasteiger partial charge in [0.05, 0.1) is 6.54 Å². The monoisotopic (exact) mass is 149 g/mol. The Hall–Kier alpha value is -0.650. The van der Waals surface area contributed by atoms with Crippen molar-refractivity contribution in [2.75, 3.05) is 20.8 Å². The first-order chi connectivity index (χ1) is 4.74. The van der Waals surface area contributed by atoms with E-state index in [2.05, 4.69) is 14.2 Å². The normalized spacial score (nSPS) is 10.0. The van der Waals surface area contributed by atoms with Crippen molar-refractivity contribution in [3.63, 3.8) is 0 Å². The van der Waals surface area contributed by atoms with Crippen molar-refractivity contribution >= 4 is 5.97 Å². The molecule has 0 heterocycles. The molecule has 0 aromatic rings. The summed E-state index contributed by atoms with van der Waals surface area (Å²) in [7, 11) is 2.72. The van der Waals surface area contributed by atoms with E-state index >= 15 is 0 Å².